The van der Waals surface area contributed by atoms with Gasteiger partial charge in [-0.3, -0.25) is 0 Å². The Labute approximate surface area is 849 Å². The first-order valence-corrected chi connectivity index (χ1v) is 50.4. The molecule has 0 saturated heterocycles. The topological polar surface area (TPSA) is 16.2 Å². The molecule has 0 aromatic heterocycles. The van der Waals surface area contributed by atoms with Crippen LogP contribution in [0.25, 0.3) is 111 Å². The molecule has 144 heavy (non-hydrogen) atoms. The number of aryl methyl sites for hydroxylation is 12. The molecule has 0 unspecified atom stereocenters. The summed E-state index contributed by atoms with van der Waals surface area (Å²) in [4.78, 5) is 13.0. The number of fused-ring (bicyclic) bond motifs is 4. The third-order valence-corrected chi connectivity index (χ3v) is 30.0. The average molecular weight is 1850 g/mol. The maximum atomic E-state index is 2.71. The van der Waals surface area contributed by atoms with E-state index in [0.29, 0.717) is 0 Å². The predicted octanol–water partition coefficient (Wildman–Crippen LogP) is 36.5. The minimum Gasteiger partial charge on any atom is -0.310 e. The van der Waals surface area contributed by atoms with Gasteiger partial charge in [0.05, 0.1) is 17.1 Å². The molecule has 0 radical (unpaired) electrons. The van der Waals surface area contributed by atoms with Crippen molar-refractivity contribution in [1.29, 1.82) is 0 Å². The Balaban J connectivity index is 0.871. The van der Waals surface area contributed by atoms with E-state index in [9.17, 15) is 0 Å². The van der Waals surface area contributed by atoms with E-state index in [-0.39, 0.29) is 0 Å². The lowest BCUT2D eigenvalue weighted by Gasteiger charge is -2.46. The third kappa shape index (κ3) is 16.4. The van der Waals surface area contributed by atoms with Crippen LogP contribution in [-0.2, 0) is 0 Å². The highest BCUT2D eigenvalue weighted by Gasteiger charge is 2.47. The van der Waals surface area contributed by atoms with E-state index < -0.39 is 6.71 Å². The second-order valence-electron chi connectivity index (χ2n) is 39.2. The number of hydrogen-bond donors (Lipinski definition) is 0. The van der Waals surface area contributed by atoms with Crippen LogP contribution in [0.1, 0.15) is 66.8 Å². The zero-order valence-electron chi connectivity index (χ0n) is 83.7. The summed E-state index contributed by atoms with van der Waals surface area (Å²) in [7, 11) is 0. The van der Waals surface area contributed by atoms with Gasteiger partial charge in [0.2, 0.25) is 0 Å². The third-order valence-electron chi connectivity index (χ3n) is 30.0. The van der Waals surface area contributed by atoms with Gasteiger partial charge in [0.25, 0.3) is 6.71 Å². The molecule has 692 valence electrons. The van der Waals surface area contributed by atoms with Gasteiger partial charge >= 0.3 is 0 Å². The Morgan fingerprint density at radius 3 is 0.542 bits per heavy atom. The number of hydrogen-bond acceptors (Lipinski definition) is 5. The maximum absolute atomic E-state index is 2.71. The SMILES string of the molecule is Cc1cccc(C)c1-c1ccc(N(c2ccc(-c3c(C)cccc3C)cc2)c2ccc3c(c2)N(c2c(-c4ccccc4)cccc2-c2ccccc2)c2cc(N(c4ccc(-c5c(C)cccc5C)cc4)c4ccc(-c5c(C)cccc5C)cc4)cc4c2B3c2ccc(N(c3ccc(-c5c(C)cccc5C)cc3)c3ccc(-c5c(C)cccc5C)cc3)cc2N4c2c(-c3ccccc3)cccc2-c2ccccc2)cc1. The molecular formula is C138H112BN5. The molecule has 0 bridgehead atoms. The van der Waals surface area contributed by atoms with Gasteiger partial charge in [-0.2, -0.15) is 0 Å². The summed E-state index contributed by atoms with van der Waals surface area (Å²) in [6.07, 6.45) is 0. The number of para-hydroxylation sites is 2. The highest BCUT2D eigenvalue weighted by molar-refractivity contribution is 7.00. The Morgan fingerprint density at radius 2 is 0.333 bits per heavy atom. The van der Waals surface area contributed by atoms with Gasteiger partial charge in [-0.25, -0.2) is 0 Å². The molecule has 0 amide bonds. The van der Waals surface area contributed by atoms with Crippen molar-refractivity contribution in [2.75, 3.05) is 24.5 Å². The zero-order valence-corrected chi connectivity index (χ0v) is 83.7. The van der Waals surface area contributed by atoms with Crippen molar-refractivity contribution in [3.63, 3.8) is 0 Å². The number of nitrogens with zero attached hydrogens (tertiary/aromatic N) is 5. The smallest absolute Gasteiger partial charge is 0.252 e. The normalized spacial score (nSPS) is 11.8. The van der Waals surface area contributed by atoms with E-state index in [1.807, 2.05) is 0 Å². The second kappa shape index (κ2) is 38.0. The van der Waals surface area contributed by atoms with Crippen LogP contribution in [0, 0.1) is 83.1 Å². The van der Waals surface area contributed by atoms with Crippen LogP contribution in [-0.4, -0.2) is 6.71 Å². The molecule has 2 aliphatic rings. The summed E-state index contributed by atoms with van der Waals surface area (Å²) in [6.45, 7) is 26.4. The van der Waals surface area contributed by atoms with E-state index >= 15 is 0 Å². The number of benzene rings is 21. The molecule has 6 heteroatoms. The van der Waals surface area contributed by atoms with Gasteiger partial charge in [-0.15, -0.1) is 0 Å². The molecule has 0 N–H and O–H groups in total. The highest BCUT2D eigenvalue weighted by atomic mass is 15.2. The molecule has 0 saturated carbocycles. The lowest BCUT2D eigenvalue weighted by Crippen LogP contribution is -2.61. The first kappa shape index (κ1) is 90.5. The van der Waals surface area contributed by atoms with Gasteiger partial charge < -0.3 is 24.5 Å². The molecule has 21 aromatic carbocycles. The van der Waals surface area contributed by atoms with Gasteiger partial charge in [0, 0.05) is 90.5 Å². The van der Waals surface area contributed by atoms with E-state index in [1.165, 1.54) is 122 Å². The summed E-state index contributed by atoms with van der Waals surface area (Å²) in [5.74, 6) is 0. The second-order valence-corrected chi connectivity index (χ2v) is 39.2. The van der Waals surface area contributed by atoms with E-state index in [2.05, 4.69) is 569 Å². The first-order valence-electron chi connectivity index (χ1n) is 50.4. The molecule has 5 nitrogen and oxygen atoms in total. The molecule has 0 aliphatic carbocycles. The predicted molar refractivity (Wildman–Crippen MR) is 616 cm³/mol. The molecule has 2 heterocycles. The van der Waals surface area contributed by atoms with Gasteiger partial charge in [-0.05, 0) is 364 Å². The van der Waals surface area contributed by atoms with Crippen LogP contribution in [0.15, 0.2) is 461 Å². The van der Waals surface area contributed by atoms with E-state index in [4.69, 9.17) is 0 Å². The van der Waals surface area contributed by atoms with Gasteiger partial charge in [0.15, 0.2) is 0 Å². The van der Waals surface area contributed by atoms with Crippen LogP contribution in [0.5, 0.6) is 0 Å². The van der Waals surface area contributed by atoms with Crippen molar-refractivity contribution in [1.82, 2.24) is 0 Å². The summed E-state index contributed by atoms with van der Waals surface area (Å²) in [5, 5.41) is 0. The Bertz CT molecular complexity index is 7550. The maximum Gasteiger partial charge on any atom is 0.252 e. The number of anilines is 15. The molecule has 0 spiro atoms. The van der Waals surface area contributed by atoms with Gasteiger partial charge in [-0.1, -0.05) is 352 Å². The summed E-state index contributed by atoms with van der Waals surface area (Å²) in [6, 6.07) is 175. The fraction of sp³-hybridized carbons (Fsp3) is 0.0870. The zero-order chi connectivity index (χ0) is 98.1. The quantitative estimate of drug-likeness (QED) is 0.0665. The van der Waals surface area contributed by atoms with Crippen LogP contribution < -0.4 is 40.9 Å². The molecule has 21 aromatic rings. The first-order chi connectivity index (χ1) is 70.4. The monoisotopic (exact) mass is 1850 g/mol. The Morgan fingerprint density at radius 1 is 0.153 bits per heavy atom. The minimum absolute atomic E-state index is 0.428. The molecule has 2 aliphatic heterocycles. The fourth-order valence-electron chi connectivity index (χ4n) is 23.4. The van der Waals surface area contributed by atoms with Crippen LogP contribution >= 0.6 is 0 Å². The Kier molecular flexibility index (Phi) is 23.9. The van der Waals surface area contributed by atoms with Crippen molar-refractivity contribution in [2.45, 2.75) is 83.1 Å². The van der Waals surface area contributed by atoms with Gasteiger partial charge in [0.1, 0.15) is 0 Å². The fourth-order valence-corrected chi connectivity index (χ4v) is 23.4. The summed E-state index contributed by atoms with van der Waals surface area (Å²) in [5.41, 5.74) is 56.7. The van der Waals surface area contributed by atoms with E-state index in [1.54, 1.807) is 0 Å². The Hall–Kier alpha value is -17.3. The number of rotatable bonds is 21. The summed E-state index contributed by atoms with van der Waals surface area (Å²) < 4.78 is 0. The molecule has 23 rings (SSSR count). The van der Waals surface area contributed by atoms with E-state index in [0.717, 1.165) is 157 Å². The summed E-state index contributed by atoms with van der Waals surface area (Å²) >= 11 is 0. The van der Waals surface area contributed by atoms with Crippen molar-refractivity contribution >= 4 is 108 Å². The van der Waals surface area contributed by atoms with Crippen LogP contribution in [0.3, 0.4) is 0 Å². The van der Waals surface area contributed by atoms with Crippen molar-refractivity contribution in [2.24, 2.45) is 0 Å². The van der Waals surface area contributed by atoms with Crippen molar-refractivity contribution in [3.05, 3.63) is 528 Å². The molecular weight excluding hydrogens is 1740 g/mol. The minimum atomic E-state index is -0.428. The van der Waals surface area contributed by atoms with Crippen molar-refractivity contribution in [3.8, 4) is 111 Å². The molecule has 0 fully saturated rings. The highest BCUT2D eigenvalue weighted by Crippen LogP contribution is 2.57. The molecule has 0 atom stereocenters. The lowest BCUT2D eigenvalue weighted by atomic mass is 9.33. The largest absolute Gasteiger partial charge is 0.310 e. The van der Waals surface area contributed by atoms with Crippen LogP contribution in [0.4, 0.5) is 85.3 Å². The van der Waals surface area contributed by atoms with Crippen LogP contribution in [0.2, 0.25) is 0 Å². The van der Waals surface area contributed by atoms with Crippen molar-refractivity contribution < 1.29 is 0 Å². The lowest BCUT2D eigenvalue weighted by molar-refractivity contribution is 1.22. The average Bonchev–Trinajstić information content (AvgIpc) is 0.683. The standard InChI is InChI=1S/C138H112BN5/c1-89-33-25-34-90(2)130(89)105-57-69-111(70-58-105)140(112-71-59-106(60-72-112)131-91(3)35-26-36-92(131)4)117-81-83-124-126(85-117)143(137-120(101-45-17-13-18-46-101)53-31-54-121(137)102-47-19-14-20-48-102)128-87-119(142(115-77-65-109(66-78-115)134-97(9)41-29-42-98(134)10)116-79-67-110(68-80-116)135-99(11)43-30-44-100(135)12)88-129-136(128)139(124)125-84-82-118(86-127(125)144(129)138-122(103-49-21-15-22-50-103)55-32-56-123(138)104-51-23-16-24-52-104)141(113-73-61-107(62-74-113)132-93(5)37-27-38-94(132)6)114-75-63-108(64-76-114)133-95(7)39-28-40-96(133)8/h13-88H,1-12H3.